The molecule has 0 aliphatic carbocycles. The Morgan fingerprint density at radius 3 is 2.69 bits per heavy atom. The number of aromatic nitrogens is 1. The van der Waals surface area contributed by atoms with Gasteiger partial charge in [-0.05, 0) is 35.1 Å². The van der Waals surface area contributed by atoms with E-state index in [2.05, 4.69) is 4.98 Å². The van der Waals surface area contributed by atoms with Crippen LogP contribution in [0.2, 0.25) is 0 Å². The molecule has 72 valence electrons. The monoisotopic (exact) mass is 317 g/mol. The lowest BCUT2D eigenvalue weighted by Crippen LogP contribution is -1.99. The molecule has 13 heavy (non-hydrogen) atoms. The summed E-state index contributed by atoms with van der Waals surface area (Å²) in [6, 6.07) is 0. The summed E-state index contributed by atoms with van der Waals surface area (Å²) in [6.45, 7) is 1.75. The summed E-state index contributed by atoms with van der Waals surface area (Å²) < 4.78 is 25.3. The number of hydrogen-bond acceptors (Lipinski definition) is 1. The first-order chi connectivity index (χ1) is 6.07. The number of pyridine rings is 1. The largest absolute Gasteiger partial charge is 0.266 e. The smallest absolute Gasteiger partial charge is 0.259 e. The van der Waals surface area contributed by atoms with Crippen LogP contribution in [0.4, 0.5) is 8.78 Å². The fraction of sp³-hybridized carbons (Fsp3) is 0.375. The molecule has 0 radical (unpaired) electrons. The molecule has 1 heterocycles. The number of hydrogen-bond donors (Lipinski definition) is 0. The molecule has 1 aromatic heterocycles. The molecule has 0 unspecified atom stereocenters. The zero-order chi connectivity index (χ0) is 10.0. The zero-order valence-corrected chi connectivity index (χ0v) is 9.73. The van der Waals surface area contributed by atoms with Crippen LogP contribution in [0.15, 0.2) is 6.20 Å². The highest BCUT2D eigenvalue weighted by atomic mass is 127. The lowest BCUT2D eigenvalue weighted by molar-refractivity contribution is 0.150. The van der Waals surface area contributed by atoms with Crippen molar-refractivity contribution >= 4 is 34.2 Å². The van der Waals surface area contributed by atoms with E-state index in [4.69, 9.17) is 11.6 Å². The lowest BCUT2D eigenvalue weighted by atomic mass is 10.2. The highest BCUT2D eigenvalue weighted by Crippen LogP contribution is 2.27. The Labute approximate surface area is 93.6 Å². The number of alkyl halides is 3. The molecule has 0 saturated carbocycles. The molecule has 0 aliphatic heterocycles. The first kappa shape index (κ1) is 11.1. The van der Waals surface area contributed by atoms with E-state index in [0.717, 1.165) is 5.56 Å². The van der Waals surface area contributed by atoms with Crippen LogP contribution >= 0.6 is 34.2 Å². The first-order valence-electron chi connectivity index (χ1n) is 3.56. The Bertz CT molecular complexity index is 317. The van der Waals surface area contributed by atoms with Gasteiger partial charge in [0.15, 0.2) is 0 Å². The minimum absolute atomic E-state index is 0.0213. The van der Waals surface area contributed by atoms with Crippen LogP contribution in [-0.4, -0.2) is 4.98 Å². The molecule has 1 nitrogen and oxygen atoms in total. The molecule has 0 spiro atoms. The van der Waals surface area contributed by atoms with E-state index in [1.165, 1.54) is 6.20 Å². The molecule has 0 bridgehead atoms. The Morgan fingerprint density at radius 2 is 2.23 bits per heavy atom. The normalized spacial score (nSPS) is 10.9. The predicted octanol–water partition coefficient (Wildman–Crippen LogP) is 3.67. The van der Waals surface area contributed by atoms with Crippen molar-refractivity contribution in [2.75, 3.05) is 0 Å². The van der Waals surface area contributed by atoms with Gasteiger partial charge in [-0.1, -0.05) is 0 Å². The summed E-state index contributed by atoms with van der Waals surface area (Å²) in [5.41, 5.74) is 1.39. The van der Waals surface area contributed by atoms with Crippen molar-refractivity contribution in [2.24, 2.45) is 0 Å². The fourth-order valence-electron chi connectivity index (χ4n) is 0.931. The second kappa shape index (κ2) is 4.50. The van der Waals surface area contributed by atoms with E-state index in [0.29, 0.717) is 9.26 Å². The minimum Gasteiger partial charge on any atom is -0.259 e. The van der Waals surface area contributed by atoms with Crippen molar-refractivity contribution in [3.05, 3.63) is 26.6 Å². The second-order valence-electron chi connectivity index (χ2n) is 2.53. The van der Waals surface area contributed by atoms with Crippen LogP contribution in [0.3, 0.4) is 0 Å². The van der Waals surface area contributed by atoms with E-state index in [1.54, 1.807) is 6.92 Å². The molecule has 0 N–H and O–H groups in total. The topological polar surface area (TPSA) is 12.9 Å². The summed E-state index contributed by atoms with van der Waals surface area (Å²) >= 11 is 7.47. The lowest BCUT2D eigenvalue weighted by Gasteiger charge is -2.08. The van der Waals surface area contributed by atoms with Crippen LogP contribution in [0, 0.1) is 10.5 Å². The van der Waals surface area contributed by atoms with Crippen molar-refractivity contribution in [3.8, 4) is 0 Å². The van der Waals surface area contributed by atoms with Gasteiger partial charge in [0.25, 0.3) is 6.43 Å². The van der Waals surface area contributed by atoms with Gasteiger partial charge >= 0.3 is 0 Å². The molecule has 0 amide bonds. The Morgan fingerprint density at radius 1 is 1.62 bits per heavy atom. The van der Waals surface area contributed by atoms with Crippen molar-refractivity contribution in [1.82, 2.24) is 4.98 Å². The van der Waals surface area contributed by atoms with Gasteiger partial charge in [0.1, 0.15) is 0 Å². The quantitative estimate of drug-likeness (QED) is 0.599. The molecule has 0 fully saturated rings. The molecular formula is C8H7ClF2IN. The fourth-order valence-corrected chi connectivity index (χ4v) is 1.89. The Kier molecular flexibility index (Phi) is 3.85. The van der Waals surface area contributed by atoms with Crippen LogP contribution < -0.4 is 0 Å². The maximum absolute atomic E-state index is 12.4. The molecule has 5 heteroatoms. The average Bonchev–Trinajstić information content (AvgIpc) is 2.09. The highest BCUT2D eigenvalue weighted by molar-refractivity contribution is 14.1. The van der Waals surface area contributed by atoms with Crippen molar-refractivity contribution in [3.63, 3.8) is 0 Å². The van der Waals surface area contributed by atoms with E-state index in [1.807, 2.05) is 22.6 Å². The summed E-state index contributed by atoms with van der Waals surface area (Å²) in [4.78, 5) is 3.86. The van der Waals surface area contributed by atoms with Crippen molar-refractivity contribution in [1.29, 1.82) is 0 Å². The number of nitrogens with zero attached hydrogens (tertiary/aromatic N) is 1. The summed E-state index contributed by atoms with van der Waals surface area (Å²) in [7, 11) is 0. The van der Waals surface area contributed by atoms with Gasteiger partial charge in [0.05, 0.1) is 11.6 Å². The molecule has 0 aromatic carbocycles. The van der Waals surface area contributed by atoms with Gasteiger partial charge in [-0.15, -0.1) is 11.6 Å². The molecule has 1 aromatic rings. The summed E-state index contributed by atoms with van der Waals surface area (Å²) in [5.74, 6) is 0.255. The minimum atomic E-state index is -2.47. The van der Waals surface area contributed by atoms with Crippen LogP contribution in [0.25, 0.3) is 0 Å². The molecule has 0 aliphatic rings. The molecule has 1 rings (SSSR count). The summed E-state index contributed by atoms with van der Waals surface area (Å²) in [6.07, 6.45) is -1.28. The molecule has 0 atom stereocenters. The van der Waals surface area contributed by atoms with E-state index < -0.39 is 6.43 Å². The summed E-state index contributed by atoms with van der Waals surface area (Å²) in [5, 5.41) is 0. The van der Waals surface area contributed by atoms with Gasteiger partial charge in [-0.3, -0.25) is 4.98 Å². The van der Waals surface area contributed by atoms with Crippen LogP contribution in [0.5, 0.6) is 0 Å². The maximum atomic E-state index is 12.4. The van der Waals surface area contributed by atoms with Gasteiger partial charge in [-0.25, -0.2) is 8.78 Å². The first-order valence-corrected chi connectivity index (χ1v) is 5.17. The third-order valence-electron chi connectivity index (χ3n) is 1.74. The van der Waals surface area contributed by atoms with Gasteiger partial charge in [0.2, 0.25) is 0 Å². The van der Waals surface area contributed by atoms with Crippen molar-refractivity contribution in [2.45, 2.75) is 19.2 Å². The van der Waals surface area contributed by atoms with Gasteiger partial charge in [0, 0.05) is 15.3 Å². The third kappa shape index (κ3) is 2.28. The maximum Gasteiger partial charge on any atom is 0.266 e. The van der Waals surface area contributed by atoms with Gasteiger partial charge in [-0.2, -0.15) is 0 Å². The highest BCUT2D eigenvalue weighted by Gasteiger charge is 2.15. The van der Waals surface area contributed by atoms with Gasteiger partial charge < -0.3 is 0 Å². The number of rotatable bonds is 2. The van der Waals surface area contributed by atoms with E-state index in [-0.39, 0.29) is 11.4 Å². The van der Waals surface area contributed by atoms with Crippen molar-refractivity contribution < 1.29 is 8.78 Å². The third-order valence-corrected chi connectivity index (χ3v) is 3.42. The van der Waals surface area contributed by atoms with E-state index in [9.17, 15) is 8.78 Å². The standard InChI is InChI=1S/C8H7ClF2IN/c1-4-6(2-9)13-3-5(7(4)12)8(10)11/h3,8H,2H2,1H3. The molecular weight excluding hydrogens is 310 g/mol. The molecule has 0 saturated heterocycles. The Balaban J connectivity index is 3.23. The number of halogens is 4. The van der Waals surface area contributed by atoms with Crippen LogP contribution in [-0.2, 0) is 5.88 Å². The SMILES string of the molecule is Cc1c(CCl)ncc(C(F)F)c1I. The predicted molar refractivity (Wildman–Crippen MR) is 56.2 cm³/mol. The zero-order valence-electron chi connectivity index (χ0n) is 6.82. The Hall–Kier alpha value is 0.0300. The van der Waals surface area contributed by atoms with E-state index >= 15 is 0 Å². The average molecular weight is 318 g/mol. The second-order valence-corrected chi connectivity index (χ2v) is 3.88. The van der Waals surface area contributed by atoms with Crippen LogP contribution in [0.1, 0.15) is 23.2 Å².